The van der Waals surface area contributed by atoms with Crippen molar-refractivity contribution in [1.29, 1.82) is 0 Å². The van der Waals surface area contributed by atoms with Crippen LogP contribution in [0.15, 0.2) is 22.5 Å². The van der Waals surface area contributed by atoms with Crippen LogP contribution in [0.25, 0.3) is 0 Å². The molecule has 7 nitrogen and oxygen atoms in total. The van der Waals surface area contributed by atoms with Gasteiger partial charge in [-0.25, -0.2) is 8.42 Å². The second-order valence-corrected chi connectivity index (χ2v) is 9.07. The standard InChI is InChI=1S/C14H18N4O3S3/c1-9-6-5-7-10(2)12(9)18(24(4,20)21)8-11(19)15-13-16-17-14(22-3)23-13/h5-7H,8H2,1-4H3,(H,15,16,19). The number of benzene rings is 1. The van der Waals surface area contributed by atoms with E-state index in [1.54, 1.807) is 0 Å². The van der Waals surface area contributed by atoms with Crippen LogP contribution in [0.3, 0.4) is 0 Å². The average Bonchev–Trinajstić information content (AvgIpc) is 2.92. The molecular weight excluding hydrogens is 368 g/mol. The van der Waals surface area contributed by atoms with Crippen LogP contribution in [-0.2, 0) is 14.8 Å². The van der Waals surface area contributed by atoms with Crippen molar-refractivity contribution in [1.82, 2.24) is 10.2 Å². The first-order valence-electron chi connectivity index (χ1n) is 6.93. The lowest BCUT2D eigenvalue weighted by Gasteiger charge is -2.25. The Morgan fingerprint density at radius 2 is 1.92 bits per heavy atom. The minimum Gasteiger partial charge on any atom is -0.299 e. The van der Waals surface area contributed by atoms with E-state index in [1.807, 2.05) is 38.3 Å². The maximum atomic E-state index is 12.3. The first-order valence-corrected chi connectivity index (χ1v) is 10.8. The summed E-state index contributed by atoms with van der Waals surface area (Å²) < 4.78 is 26.2. The summed E-state index contributed by atoms with van der Waals surface area (Å²) >= 11 is 2.66. The molecule has 24 heavy (non-hydrogen) atoms. The van der Waals surface area contributed by atoms with E-state index in [-0.39, 0.29) is 6.54 Å². The normalized spacial score (nSPS) is 11.3. The zero-order valence-corrected chi connectivity index (χ0v) is 16.2. The smallest absolute Gasteiger partial charge is 0.246 e. The van der Waals surface area contributed by atoms with Crippen LogP contribution < -0.4 is 9.62 Å². The van der Waals surface area contributed by atoms with E-state index in [1.165, 1.54) is 23.1 Å². The number of thioether (sulfide) groups is 1. The highest BCUT2D eigenvalue weighted by molar-refractivity contribution is 8.00. The van der Waals surface area contributed by atoms with Crippen LogP contribution in [0, 0.1) is 13.8 Å². The average molecular weight is 387 g/mol. The molecule has 0 fully saturated rings. The van der Waals surface area contributed by atoms with Gasteiger partial charge < -0.3 is 0 Å². The number of aryl methyl sites for hydroxylation is 2. The van der Waals surface area contributed by atoms with Crippen LogP contribution >= 0.6 is 23.1 Å². The lowest BCUT2D eigenvalue weighted by molar-refractivity contribution is -0.114. The molecule has 1 N–H and O–H groups in total. The van der Waals surface area contributed by atoms with E-state index in [9.17, 15) is 13.2 Å². The maximum absolute atomic E-state index is 12.3. The van der Waals surface area contributed by atoms with Gasteiger partial charge in [-0.2, -0.15) is 0 Å². The number of amides is 1. The van der Waals surface area contributed by atoms with Crippen molar-refractivity contribution >= 4 is 49.8 Å². The van der Waals surface area contributed by atoms with Crippen molar-refractivity contribution < 1.29 is 13.2 Å². The quantitative estimate of drug-likeness (QED) is 0.605. The van der Waals surface area contributed by atoms with Crippen molar-refractivity contribution in [2.45, 2.75) is 18.2 Å². The predicted molar refractivity (Wildman–Crippen MR) is 98.4 cm³/mol. The summed E-state index contributed by atoms with van der Waals surface area (Å²) in [7, 11) is -3.61. The molecule has 1 amide bonds. The molecule has 1 aromatic carbocycles. The minimum absolute atomic E-state index is 0.321. The van der Waals surface area contributed by atoms with Gasteiger partial charge in [-0.05, 0) is 31.2 Å². The van der Waals surface area contributed by atoms with Gasteiger partial charge in [-0.1, -0.05) is 41.3 Å². The van der Waals surface area contributed by atoms with E-state index >= 15 is 0 Å². The van der Waals surface area contributed by atoms with Crippen molar-refractivity contribution in [2.75, 3.05) is 28.7 Å². The highest BCUT2D eigenvalue weighted by Gasteiger charge is 2.24. The van der Waals surface area contributed by atoms with Gasteiger partial charge in [0.05, 0.1) is 11.9 Å². The molecule has 0 spiro atoms. The molecule has 0 bridgehead atoms. The molecule has 1 heterocycles. The number of nitrogens with one attached hydrogen (secondary N) is 1. The fourth-order valence-electron chi connectivity index (χ4n) is 2.19. The van der Waals surface area contributed by atoms with Crippen LogP contribution in [0.2, 0.25) is 0 Å². The fraction of sp³-hybridized carbons (Fsp3) is 0.357. The number of rotatable bonds is 6. The summed E-state index contributed by atoms with van der Waals surface area (Å²) in [5.41, 5.74) is 2.10. The number of carbonyl (C=O) groups excluding carboxylic acids is 1. The van der Waals surface area contributed by atoms with Gasteiger partial charge in [0.1, 0.15) is 6.54 Å². The molecule has 0 saturated heterocycles. The van der Waals surface area contributed by atoms with Crippen molar-refractivity contribution in [2.24, 2.45) is 0 Å². The highest BCUT2D eigenvalue weighted by atomic mass is 32.2. The van der Waals surface area contributed by atoms with Gasteiger partial charge in [-0.3, -0.25) is 14.4 Å². The lowest BCUT2D eigenvalue weighted by atomic mass is 10.1. The second-order valence-electron chi connectivity index (χ2n) is 5.14. The number of hydrogen-bond donors (Lipinski definition) is 1. The van der Waals surface area contributed by atoms with Crippen molar-refractivity contribution in [3.63, 3.8) is 0 Å². The van der Waals surface area contributed by atoms with E-state index in [0.717, 1.165) is 26.0 Å². The third-order valence-electron chi connectivity index (χ3n) is 3.20. The van der Waals surface area contributed by atoms with Crippen LogP contribution in [0.1, 0.15) is 11.1 Å². The Balaban J connectivity index is 2.25. The summed E-state index contributed by atoms with van der Waals surface area (Å²) in [6, 6.07) is 5.47. The lowest BCUT2D eigenvalue weighted by Crippen LogP contribution is -2.38. The van der Waals surface area contributed by atoms with Crippen LogP contribution in [-0.4, -0.2) is 43.6 Å². The van der Waals surface area contributed by atoms with E-state index < -0.39 is 15.9 Å². The number of nitrogens with zero attached hydrogens (tertiary/aromatic N) is 3. The summed E-state index contributed by atoms with van der Waals surface area (Å²) in [6.07, 6.45) is 2.95. The van der Waals surface area contributed by atoms with Gasteiger partial charge in [0.15, 0.2) is 4.34 Å². The third kappa shape index (κ3) is 4.46. The van der Waals surface area contributed by atoms with Crippen LogP contribution in [0.4, 0.5) is 10.8 Å². The van der Waals surface area contributed by atoms with E-state index in [2.05, 4.69) is 15.5 Å². The molecule has 10 heteroatoms. The Morgan fingerprint density at radius 1 is 1.29 bits per heavy atom. The Hall–Kier alpha value is -1.65. The van der Waals surface area contributed by atoms with E-state index in [4.69, 9.17) is 0 Å². The molecule has 0 saturated carbocycles. The second kappa shape index (κ2) is 7.49. The number of para-hydroxylation sites is 1. The largest absolute Gasteiger partial charge is 0.299 e. The predicted octanol–water partition coefficient (Wildman–Crippen LogP) is 2.28. The van der Waals surface area contributed by atoms with Gasteiger partial charge in [0.25, 0.3) is 0 Å². The minimum atomic E-state index is -3.61. The fourth-order valence-corrected chi connectivity index (χ4v) is 4.35. The highest BCUT2D eigenvalue weighted by Crippen LogP contribution is 2.27. The molecule has 0 aliphatic carbocycles. The molecule has 0 unspecified atom stereocenters. The van der Waals surface area contributed by atoms with Gasteiger partial charge in [-0.15, -0.1) is 10.2 Å². The first-order chi connectivity index (χ1) is 11.2. The summed E-state index contributed by atoms with van der Waals surface area (Å²) in [6.45, 7) is 3.31. The molecule has 0 atom stereocenters. The Morgan fingerprint density at radius 3 is 2.42 bits per heavy atom. The Bertz CT molecular complexity index is 828. The zero-order chi connectivity index (χ0) is 17.9. The topological polar surface area (TPSA) is 92.3 Å². The molecule has 0 radical (unpaired) electrons. The van der Waals surface area contributed by atoms with Gasteiger partial charge >= 0.3 is 0 Å². The van der Waals surface area contributed by atoms with Crippen molar-refractivity contribution in [3.8, 4) is 0 Å². The SMILES string of the molecule is CSc1nnc(NC(=O)CN(c2c(C)cccc2C)S(C)(=O)=O)s1. The number of sulfonamides is 1. The number of carbonyl (C=O) groups is 1. The number of aromatic nitrogens is 2. The molecule has 2 rings (SSSR count). The van der Waals surface area contributed by atoms with Crippen molar-refractivity contribution in [3.05, 3.63) is 29.3 Å². The monoisotopic (exact) mass is 386 g/mol. The summed E-state index contributed by atoms with van der Waals surface area (Å²) in [4.78, 5) is 12.3. The molecule has 130 valence electrons. The first kappa shape index (κ1) is 18.7. The van der Waals surface area contributed by atoms with Gasteiger partial charge in [0.2, 0.25) is 21.1 Å². The molecule has 0 aliphatic rings. The van der Waals surface area contributed by atoms with E-state index in [0.29, 0.717) is 10.8 Å². The molecular formula is C14H18N4O3S3. The summed E-state index contributed by atoms with van der Waals surface area (Å²) in [5.74, 6) is -0.466. The summed E-state index contributed by atoms with van der Waals surface area (Å²) in [5, 5.41) is 10.7. The van der Waals surface area contributed by atoms with Gasteiger partial charge in [0, 0.05) is 0 Å². The van der Waals surface area contributed by atoms with Crippen LogP contribution in [0.5, 0.6) is 0 Å². The Kier molecular flexibility index (Phi) is 5.83. The maximum Gasteiger partial charge on any atom is 0.246 e. The third-order valence-corrected chi connectivity index (χ3v) is 6.13. The number of anilines is 2. The molecule has 2 aromatic rings. The molecule has 0 aliphatic heterocycles. The molecule has 1 aromatic heterocycles. The number of hydrogen-bond acceptors (Lipinski definition) is 7. The zero-order valence-electron chi connectivity index (χ0n) is 13.7. The Labute approximate surface area is 149 Å².